The van der Waals surface area contributed by atoms with Crippen LogP contribution in [0.4, 0.5) is 0 Å². The molecule has 110 valence electrons. The Morgan fingerprint density at radius 3 is 2.42 bits per heavy atom. The molecule has 0 aromatic rings. The van der Waals surface area contributed by atoms with Crippen LogP contribution in [0.15, 0.2) is 0 Å². The lowest BCUT2D eigenvalue weighted by molar-refractivity contribution is -0.145. The summed E-state index contributed by atoms with van der Waals surface area (Å²) in [6.45, 7) is 4.00. The van der Waals surface area contributed by atoms with Gasteiger partial charge in [-0.1, -0.05) is 25.7 Å². The van der Waals surface area contributed by atoms with Gasteiger partial charge < -0.3 is 10.1 Å². The Balaban J connectivity index is 2.21. The zero-order valence-corrected chi connectivity index (χ0v) is 12.0. The largest absolute Gasteiger partial charge is 0.465 e. The van der Waals surface area contributed by atoms with Gasteiger partial charge in [-0.3, -0.25) is 14.9 Å². The molecule has 0 spiro atoms. The van der Waals surface area contributed by atoms with Crippen molar-refractivity contribution in [1.82, 2.24) is 10.6 Å². The quantitative estimate of drug-likeness (QED) is 0.565. The van der Waals surface area contributed by atoms with Crippen molar-refractivity contribution in [2.75, 3.05) is 13.2 Å². The Morgan fingerprint density at radius 1 is 1.21 bits per heavy atom. The van der Waals surface area contributed by atoms with Gasteiger partial charge in [0.2, 0.25) is 5.91 Å². The van der Waals surface area contributed by atoms with Gasteiger partial charge in [-0.05, 0) is 26.7 Å². The number of ether oxygens (including phenoxy) is 1. The lowest BCUT2D eigenvalue weighted by Gasteiger charge is -2.17. The van der Waals surface area contributed by atoms with Crippen LogP contribution in [0.1, 0.15) is 52.4 Å². The van der Waals surface area contributed by atoms with Gasteiger partial charge in [0.05, 0.1) is 13.2 Å². The Kier molecular flexibility index (Phi) is 7.48. The predicted octanol–water partition coefficient (Wildman–Crippen LogP) is 1.37. The first-order valence-corrected chi connectivity index (χ1v) is 7.33. The molecule has 0 aliphatic heterocycles. The van der Waals surface area contributed by atoms with E-state index in [2.05, 4.69) is 10.6 Å². The highest BCUT2D eigenvalue weighted by Gasteiger charge is 2.17. The summed E-state index contributed by atoms with van der Waals surface area (Å²) < 4.78 is 4.87. The number of hydrogen-bond acceptors (Lipinski definition) is 4. The molecule has 0 aromatic heterocycles. The van der Waals surface area contributed by atoms with Gasteiger partial charge in [-0.25, -0.2) is 0 Å². The molecule has 2 N–H and O–H groups in total. The van der Waals surface area contributed by atoms with Crippen molar-refractivity contribution < 1.29 is 14.3 Å². The van der Waals surface area contributed by atoms with Crippen LogP contribution in [-0.4, -0.2) is 37.1 Å². The molecule has 1 amide bonds. The summed E-state index contributed by atoms with van der Waals surface area (Å²) in [5.41, 5.74) is 0. The summed E-state index contributed by atoms with van der Waals surface area (Å²) >= 11 is 0. The van der Waals surface area contributed by atoms with Crippen molar-refractivity contribution >= 4 is 11.9 Å². The molecule has 1 unspecified atom stereocenters. The van der Waals surface area contributed by atoms with Crippen molar-refractivity contribution in [3.8, 4) is 0 Å². The number of carbonyl (C=O) groups is 2. The Bertz CT molecular complexity index is 286. The van der Waals surface area contributed by atoms with Crippen LogP contribution < -0.4 is 10.6 Å². The molecule has 5 heteroatoms. The van der Waals surface area contributed by atoms with Crippen molar-refractivity contribution in [2.24, 2.45) is 0 Å². The third kappa shape index (κ3) is 6.57. The average molecular weight is 270 g/mol. The van der Waals surface area contributed by atoms with E-state index in [0.717, 1.165) is 12.8 Å². The molecular formula is C14H26N2O3. The molecule has 0 radical (unpaired) electrons. The van der Waals surface area contributed by atoms with Gasteiger partial charge in [0, 0.05) is 6.04 Å². The number of esters is 1. The van der Waals surface area contributed by atoms with Gasteiger partial charge in [-0.2, -0.15) is 0 Å². The fourth-order valence-electron chi connectivity index (χ4n) is 2.30. The minimum atomic E-state index is -0.445. The van der Waals surface area contributed by atoms with Crippen LogP contribution in [-0.2, 0) is 14.3 Å². The fraction of sp³-hybridized carbons (Fsp3) is 0.857. The number of amides is 1. The molecule has 1 aliphatic rings. The zero-order valence-electron chi connectivity index (χ0n) is 12.0. The third-order valence-electron chi connectivity index (χ3n) is 3.43. The van der Waals surface area contributed by atoms with Crippen LogP contribution in [0.2, 0.25) is 0 Å². The van der Waals surface area contributed by atoms with E-state index in [4.69, 9.17) is 4.74 Å². The number of hydrogen-bond donors (Lipinski definition) is 2. The lowest BCUT2D eigenvalue weighted by Crippen LogP contribution is -2.44. The van der Waals surface area contributed by atoms with Gasteiger partial charge in [0.1, 0.15) is 6.04 Å². The molecule has 1 saturated carbocycles. The first kappa shape index (κ1) is 16.0. The second-order valence-electron chi connectivity index (χ2n) is 5.11. The molecule has 0 saturated heterocycles. The minimum absolute atomic E-state index is 0.0388. The standard InChI is InChI=1S/C14H26N2O3/c1-3-19-14(18)11(2)15-10-13(17)16-12-8-6-4-5-7-9-12/h11-12,15H,3-10H2,1-2H3,(H,16,17). The molecule has 0 heterocycles. The summed E-state index contributed by atoms with van der Waals surface area (Å²) in [7, 11) is 0. The normalized spacial score (nSPS) is 18.4. The van der Waals surface area contributed by atoms with E-state index in [1.165, 1.54) is 25.7 Å². The molecule has 5 nitrogen and oxygen atoms in total. The highest BCUT2D eigenvalue weighted by molar-refractivity contribution is 5.80. The minimum Gasteiger partial charge on any atom is -0.465 e. The van der Waals surface area contributed by atoms with E-state index in [9.17, 15) is 9.59 Å². The van der Waals surface area contributed by atoms with Gasteiger partial charge in [-0.15, -0.1) is 0 Å². The second-order valence-corrected chi connectivity index (χ2v) is 5.11. The molecule has 0 aromatic carbocycles. The molecule has 1 aliphatic carbocycles. The topological polar surface area (TPSA) is 67.4 Å². The maximum Gasteiger partial charge on any atom is 0.322 e. The van der Waals surface area contributed by atoms with E-state index >= 15 is 0 Å². The van der Waals surface area contributed by atoms with Crippen molar-refractivity contribution in [1.29, 1.82) is 0 Å². The van der Waals surface area contributed by atoms with E-state index in [0.29, 0.717) is 12.6 Å². The van der Waals surface area contributed by atoms with Crippen LogP contribution >= 0.6 is 0 Å². The van der Waals surface area contributed by atoms with Crippen molar-refractivity contribution in [3.63, 3.8) is 0 Å². The van der Waals surface area contributed by atoms with Gasteiger partial charge in [0.15, 0.2) is 0 Å². The highest BCUT2D eigenvalue weighted by Crippen LogP contribution is 2.16. The second kappa shape index (κ2) is 8.91. The predicted molar refractivity (Wildman–Crippen MR) is 73.7 cm³/mol. The van der Waals surface area contributed by atoms with E-state index < -0.39 is 6.04 Å². The number of rotatable bonds is 6. The van der Waals surface area contributed by atoms with Crippen molar-refractivity contribution in [3.05, 3.63) is 0 Å². The molecule has 19 heavy (non-hydrogen) atoms. The summed E-state index contributed by atoms with van der Waals surface area (Å²) in [5.74, 6) is -0.354. The van der Waals surface area contributed by atoms with Crippen molar-refractivity contribution in [2.45, 2.75) is 64.5 Å². The monoisotopic (exact) mass is 270 g/mol. The van der Waals surface area contributed by atoms with Gasteiger partial charge >= 0.3 is 5.97 Å². The maximum atomic E-state index is 11.8. The summed E-state index contributed by atoms with van der Waals surface area (Å²) in [5, 5.41) is 5.92. The molecule has 1 fully saturated rings. The van der Waals surface area contributed by atoms with Crippen LogP contribution in [0.5, 0.6) is 0 Å². The van der Waals surface area contributed by atoms with Crippen LogP contribution in [0, 0.1) is 0 Å². The summed E-state index contributed by atoms with van der Waals surface area (Å²) in [4.78, 5) is 23.2. The first-order valence-electron chi connectivity index (χ1n) is 7.33. The molecule has 1 atom stereocenters. The van der Waals surface area contributed by atoms with Crippen LogP contribution in [0.3, 0.4) is 0 Å². The third-order valence-corrected chi connectivity index (χ3v) is 3.43. The van der Waals surface area contributed by atoms with Crippen LogP contribution in [0.25, 0.3) is 0 Å². The van der Waals surface area contributed by atoms with E-state index in [1.807, 2.05) is 0 Å². The van der Waals surface area contributed by atoms with Gasteiger partial charge in [0.25, 0.3) is 0 Å². The Morgan fingerprint density at radius 2 is 1.84 bits per heavy atom. The number of nitrogens with one attached hydrogen (secondary N) is 2. The SMILES string of the molecule is CCOC(=O)C(C)NCC(=O)NC1CCCCCC1. The smallest absolute Gasteiger partial charge is 0.322 e. The highest BCUT2D eigenvalue weighted by atomic mass is 16.5. The summed E-state index contributed by atoms with van der Waals surface area (Å²) in [6.07, 6.45) is 7.06. The fourth-order valence-corrected chi connectivity index (χ4v) is 2.30. The first-order chi connectivity index (χ1) is 9.13. The average Bonchev–Trinajstić information content (AvgIpc) is 2.64. The zero-order chi connectivity index (χ0) is 14.1. The van der Waals surface area contributed by atoms with E-state index in [1.54, 1.807) is 13.8 Å². The number of carbonyl (C=O) groups excluding carboxylic acids is 2. The molecular weight excluding hydrogens is 244 g/mol. The Labute approximate surface area is 115 Å². The molecule has 1 rings (SSSR count). The Hall–Kier alpha value is -1.10. The molecule has 0 bridgehead atoms. The lowest BCUT2D eigenvalue weighted by atomic mass is 10.1. The van der Waals surface area contributed by atoms with E-state index in [-0.39, 0.29) is 18.4 Å². The maximum absolute atomic E-state index is 11.8. The summed E-state index contributed by atoms with van der Waals surface area (Å²) in [6, 6.07) is -0.144.